The average molecular weight is 290 g/mol. The van der Waals surface area contributed by atoms with Crippen LogP contribution in [0.3, 0.4) is 0 Å². The van der Waals surface area contributed by atoms with Crippen LogP contribution < -0.4 is 15.4 Å². The number of carbonyl (C=O) groups is 2. The zero-order valence-electron chi connectivity index (χ0n) is 12.4. The Morgan fingerprint density at radius 2 is 2.05 bits per heavy atom. The third-order valence-electron chi connectivity index (χ3n) is 3.62. The minimum atomic E-state index is -0.468. The standard InChI is InChI=1S/C16H22N2O3/c1-2-12-6-5-9-14(10-12)21-15(19)11-17-16(20)18-13-7-3-4-8-13/h5-6,9-10,13H,2-4,7-8,11H2,1H3,(H2,17,18,20). The van der Waals surface area contributed by atoms with Gasteiger partial charge in [0.15, 0.2) is 0 Å². The van der Waals surface area contributed by atoms with Crippen LogP contribution in [0.2, 0.25) is 0 Å². The summed E-state index contributed by atoms with van der Waals surface area (Å²) in [6.45, 7) is 1.91. The molecule has 0 heterocycles. The van der Waals surface area contributed by atoms with Crippen molar-refractivity contribution < 1.29 is 14.3 Å². The van der Waals surface area contributed by atoms with Gasteiger partial charge in [-0.3, -0.25) is 0 Å². The molecule has 0 aliphatic heterocycles. The molecule has 0 unspecified atom stereocenters. The molecule has 5 nitrogen and oxygen atoms in total. The second-order valence-corrected chi connectivity index (χ2v) is 5.28. The highest BCUT2D eigenvalue weighted by atomic mass is 16.5. The van der Waals surface area contributed by atoms with E-state index in [-0.39, 0.29) is 18.6 Å². The van der Waals surface area contributed by atoms with Crippen molar-refractivity contribution in [1.82, 2.24) is 10.6 Å². The van der Waals surface area contributed by atoms with Crippen molar-refractivity contribution >= 4 is 12.0 Å². The lowest BCUT2D eigenvalue weighted by atomic mass is 10.2. The van der Waals surface area contributed by atoms with Gasteiger partial charge < -0.3 is 15.4 Å². The van der Waals surface area contributed by atoms with Gasteiger partial charge in [0.05, 0.1) is 0 Å². The summed E-state index contributed by atoms with van der Waals surface area (Å²) >= 11 is 0. The Balaban J connectivity index is 1.72. The SMILES string of the molecule is CCc1cccc(OC(=O)CNC(=O)NC2CCCC2)c1. The molecule has 0 aromatic heterocycles. The van der Waals surface area contributed by atoms with Crippen LogP contribution in [0.4, 0.5) is 4.79 Å². The predicted octanol–water partition coefficient (Wildman–Crippen LogP) is 2.40. The quantitative estimate of drug-likeness (QED) is 0.646. The predicted molar refractivity (Wildman–Crippen MR) is 80.2 cm³/mol. The first kappa shape index (κ1) is 15.4. The topological polar surface area (TPSA) is 67.4 Å². The van der Waals surface area contributed by atoms with Gasteiger partial charge in [-0.15, -0.1) is 0 Å². The molecule has 1 fully saturated rings. The monoisotopic (exact) mass is 290 g/mol. The maximum Gasteiger partial charge on any atom is 0.330 e. The van der Waals surface area contributed by atoms with Crippen LogP contribution in [0, 0.1) is 0 Å². The molecule has 0 atom stereocenters. The number of rotatable bonds is 5. The zero-order valence-corrected chi connectivity index (χ0v) is 12.4. The molecule has 114 valence electrons. The number of esters is 1. The maximum atomic E-state index is 11.7. The molecule has 0 saturated heterocycles. The molecule has 5 heteroatoms. The molecule has 0 spiro atoms. The van der Waals surface area contributed by atoms with Crippen molar-refractivity contribution in [1.29, 1.82) is 0 Å². The lowest BCUT2D eigenvalue weighted by Crippen LogP contribution is -2.43. The summed E-state index contributed by atoms with van der Waals surface area (Å²) in [4.78, 5) is 23.3. The smallest absolute Gasteiger partial charge is 0.330 e. The molecule has 1 aromatic carbocycles. The molecule has 0 bridgehead atoms. The first-order valence-corrected chi connectivity index (χ1v) is 7.51. The van der Waals surface area contributed by atoms with Crippen LogP contribution in [-0.4, -0.2) is 24.6 Å². The zero-order chi connectivity index (χ0) is 15.1. The van der Waals surface area contributed by atoms with Gasteiger partial charge in [0.2, 0.25) is 0 Å². The highest BCUT2D eigenvalue weighted by Crippen LogP contribution is 2.17. The number of urea groups is 1. The van der Waals surface area contributed by atoms with Gasteiger partial charge in [0.25, 0.3) is 0 Å². The summed E-state index contributed by atoms with van der Waals surface area (Å²) in [5, 5.41) is 5.39. The first-order chi connectivity index (χ1) is 10.2. The summed E-state index contributed by atoms with van der Waals surface area (Å²) in [7, 11) is 0. The van der Waals surface area contributed by atoms with E-state index >= 15 is 0 Å². The Kier molecular flexibility index (Phi) is 5.60. The van der Waals surface area contributed by atoms with E-state index in [0.717, 1.165) is 37.7 Å². The van der Waals surface area contributed by atoms with Crippen molar-refractivity contribution in [2.45, 2.75) is 45.1 Å². The number of benzene rings is 1. The summed E-state index contributed by atoms with van der Waals surface area (Å²) in [5.74, 6) is 0.0437. The van der Waals surface area contributed by atoms with Crippen LogP contribution >= 0.6 is 0 Å². The molecule has 1 saturated carbocycles. The minimum Gasteiger partial charge on any atom is -0.425 e. The van der Waals surface area contributed by atoms with Crippen molar-refractivity contribution in [3.8, 4) is 5.75 Å². The number of amides is 2. The van der Waals surface area contributed by atoms with E-state index in [1.807, 2.05) is 25.1 Å². The third-order valence-corrected chi connectivity index (χ3v) is 3.62. The molecular weight excluding hydrogens is 268 g/mol. The summed E-state index contributed by atoms with van der Waals surface area (Å²) in [6, 6.07) is 7.32. The Hall–Kier alpha value is -2.04. The van der Waals surface area contributed by atoms with Gasteiger partial charge in [-0.05, 0) is 37.0 Å². The lowest BCUT2D eigenvalue weighted by molar-refractivity contribution is -0.133. The van der Waals surface area contributed by atoms with Gasteiger partial charge in [-0.2, -0.15) is 0 Å². The van der Waals surface area contributed by atoms with Gasteiger partial charge in [0, 0.05) is 6.04 Å². The fourth-order valence-corrected chi connectivity index (χ4v) is 2.46. The van der Waals surface area contributed by atoms with Gasteiger partial charge in [0.1, 0.15) is 12.3 Å². The van der Waals surface area contributed by atoms with E-state index in [4.69, 9.17) is 4.74 Å². The molecule has 0 radical (unpaired) electrons. The van der Waals surface area contributed by atoms with Crippen LogP contribution in [-0.2, 0) is 11.2 Å². The van der Waals surface area contributed by atoms with Crippen molar-refractivity contribution in [2.24, 2.45) is 0 Å². The van der Waals surface area contributed by atoms with Gasteiger partial charge in [-0.25, -0.2) is 9.59 Å². The highest BCUT2D eigenvalue weighted by Gasteiger charge is 2.17. The Bertz CT molecular complexity index is 496. The highest BCUT2D eigenvalue weighted by molar-refractivity contribution is 5.82. The lowest BCUT2D eigenvalue weighted by Gasteiger charge is -2.12. The van der Waals surface area contributed by atoms with Crippen LogP contribution in [0.25, 0.3) is 0 Å². The third kappa shape index (κ3) is 5.10. The van der Waals surface area contributed by atoms with E-state index in [9.17, 15) is 9.59 Å². The molecular formula is C16H22N2O3. The van der Waals surface area contributed by atoms with Crippen molar-refractivity contribution in [3.63, 3.8) is 0 Å². The Morgan fingerprint density at radius 3 is 2.76 bits per heavy atom. The number of hydrogen-bond acceptors (Lipinski definition) is 3. The second kappa shape index (κ2) is 7.67. The minimum absolute atomic E-state index is 0.130. The second-order valence-electron chi connectivity index (χ2n) is 5.28. The van der Waals surface area contributed by atoms with E-state index in [1.165, 1.54) is 0 Å². The number of carbonyl (C=O) groups excluding carboxylic acids is 2. The first-order valence-electron chi connectivity index (χ1n) is 7.51. The summed E-state index contributed by atoms with van der Waals surface area (Å²) < 4.78 is 5.20. The van der Waals surface area contributed by atoms with Crippen LogP contribution in [0.15, 0.2) is 24.3 Å². The van der Waals surface area contributed by atoms with Crippen LogP contribution in [0.1, 0.15) is 38.2 Å². The maximum absolute atomic E-state index is 11.7. The normalized spacial score (nSPS) is 14.7. The van der Waals surface area contributed by atoms with Crippen LogP contribution in [0.5, 0.6) is 5.75 Å². The average Bonchev–Trinajstić information content (AvgIpc) is 2.98. The Morgan fingerprint density at radius 1 is 1.29 bits per heavy atom. The number of aryl methyl sites for hydroxylation is 1. The molecule has 1 aromatic rings. The van der Waals surface area contributed by atoms with E-state index < -0.39 is 5.97 Å². The Labute approximate surface area is 125 Å². The largest absolute Gasteiger partial charge is 0.425 e. The number of hydrogen-bond donors (Lipinski definition) is 2. The number of nitrogens with one attached hydrogen (secondary N) is 2. The van der Waals surface area contributed by atoms with E-state index in [1.54, 1.807) is 6.07 Å². The fourth-order valence-electron chi connectivity index (χ4n) is 2.46. The summed E-state index contributed by atoms with van der Waals surface area (Å²) in [6.07, 6.45) is 5.22. The number of ether oxygens (including phenoxy) is 1. The van der Waals surface area contributed by atoms with E-state index in [2.05, 4.69) is 10.6 Å². The molecule has 21 heavy (non-hydrogen) atoms. The molecule has 2 N–H and O–H groups in total. The summed E-state index contributed by atoms with van der Waals surface area (Å²) in [5.41, 5.74) is 1.10. The van der Waals surface area contributed by atoms with Gasteiger partial charge >= 0.3 is 12.0 Å². The van der Waals surface area contributed by atoms with Gasteiger partial charge in [-0.1, -0.05) is 31.9 Å². The van der Waals surface area contributed by atoms with E-state index in [0.29, 0.717) is 5.75 Å². The molecule has 2 rings (SSSR count). The van der Waals surface area contributed by atoms with Crippen molar-refractivity contribution in [3.05, 3.63) is 29.8 Å². The fraction of sp³-hybridized carbons (Fsp3) is 0.500. The molecule has 1 aliphatic rings. The molecule has 1 aliphatic carbocycles. The molecule has 2 amide bonds. The van der Waals surface area contributed by atoms with Crippen molar-refractivity contribution in [2.75, 3.05) is 6.54 Å².